The first kappa shape index (κ1) is 15.5. The molecule has 0 bridgehead atoms. The van der Waals surface area contributed by atoms with Gasteiger partial charge in [0, 0.05) is 6.04 Å². The van der Waals surface area contributed by atoms with Gasteiger partial charge >= 0.3 is 5.97 Å². The molecule has 1 fully saturated rings. The quantitative estimate of drug-likeness (QED) is 0.639. The van der Waals surface area contributed by atoms with E-state index in [1.807, 2.05) is 0 Å². The van der Waals surface area contributed by atoms with E-state index in [4.69, 9.17) is 0 Å². The van der Waals surface area contributed by atoms with Gasteiger partial charge in [-0.25, -0.2) is 0 Å². The zero-order valence-electron chi connectivity index (χ0n) is 12.0. The average molecular weight is 255 g/mol. The third kappa shape index (κ3) is 4.60. The van der Waals surface area contributed by atoms with E-state index in [-0.39, 0.29) is 6.04 Å². The van der Waals surface area contributed by atoms with Crippen LogP contribution in [-0.2, 0) is 4.79 Å². The van der Waals surface area contributed by atoms with E-state index in [2.05, 4.69) is 18.7 Å². The van der Waals surface area contributed by atoms with Crippen LogP contribution in [0.2, 0.25) is 0 Å². The van der Waals surface area contributed by atoms with Crippen LogP contribution in [0.4, 0.5) is 0 Å². The number of carboxylic acids is 1. The number of likely N-dealkylation sites (tertiary alicyclic amines) is 1. The van der Waals surface area contributed by atoms with Crippen LogP contribution in [0, 0.1) is 0 Å². The van der Waals surface area contributed by atoms with Gasteiger partial charge in [0.2, 0.25) is 0 Å². The molecule has 0 radical (unpaired) electrons. The van der Waals surface area contributed by atoms with Gasteiger partial charge < -0.3 is 5.11 Å². The van der Waals surface area contributed by atoms with E-state index < -0.39 is 5.97 Å². The molecule has 1 saturated heterocycles. The van der Waals surface area contributed by atoms with Crippen molar-refractivity contribution in [3.05, 3.63) is 0 Å². The molecule has 1 heterocycles. The van der Waals surface area contributed by atoms with Gasteiger partial charge in [-0.2, -0.15) is 0 Å². The second kappa shape index (κ2) is 8.52. The Morgan fingerprint density at radius 1 is 1.22 bits per heavy atom. The average Bonchev–Trinajstić information content (AvgIpc) is 2.82. The first-order valence-corrected chi connectivity index (χ1v) is 7.69. The Labute approximate surface area is 112 Å². The third-order valence-corrected chi connectivity index (χ3v) is 4.06. The summed E-state index contributed by atoms with van der Waals surface area (Å²) in [4.78, 5) is 13.5. The molecule has 1 aliphatic rings. The fourth-order valence-electron chi connectivity index (χ4n) is 3.11. The molecular formula is C15H29NO2. The first-order chi connectivity index (χ1) is 8.70. The second-order valence-corrected chi connectivity index (χ2v) is 5.53. The zero-order chi connectivity index (χ0) is 13.4. The van der Waals surface area contributed by atoms with Crippen LogP contribution >= 0.6 is 0 Å². The molecule has 2 atom stereocenters. The highest BCUT2D eigenvalue weighted by Crippen LogP contribution is 2.25. The van der Waals surface area contributed by atoms with Crippen LogP contribution in [0.3, 0.4) is 0 Å². The molecule has 0 spiro atoms. The molecule has 18 heavy (non-hydrogen) atoms. The molecule has 1 aliphatic heterocycles. The standard InChI is InChI=1S/C15H29NO2/c1-3-5-6-7-10-13(9-4-2)16-12-8-11-14(16)15(17)18/h13-14H,3-12H2,1-2H3,(H,17,18). The molecule has 106 valence electrons. The number of carbonyl (C=O) groups is 1. The van der Waals surface area contributed by atoms with Crippen molar-refractivity contribution in [1.29, 1.82) is 0 Å². The summed E-state index contributed by atoms with van der Waals surface area (Å²) in [5.74, 6) is -0.623. The Bertz CT molecular complexity index is 243. The summed E-state index contributed by atoms with van der Waals surface area (Å²) < 4.78 is 0. The van der Waals surface area contributed by atoms with Gasteiger partial charge in [0.15, 0.2) is 0 Å². The SMILES string of the molecule is CCCCCCC(CCC)N1CCCC1C(=O)O. The number of carboxylic acid groups (broad SMARTS) is 1. The highest BCUT2D eigenvalue weighted by atomic mass is 16.4. The van der Waals surface area contributed by atoms with Crippen LogP contribution in [0.1, 0.15) is 71.6 Å². The lowest BCUT2D eigenvalue weighted by molar-refractivity contribution is -0.143. The minimum Gasteiger partial charge on any atom is -0.480 e. The van der Waals surface area contributed by atoms with Crippen molar-refractivity contribution >= 4 is 5.97 Å². The second-order valence-electron chi connectivity index (χ2n) is 5.53. The highest BCUT2D eigenvalue weighted by molar-refractivity contribution is 5.73. The topological polar surface area (TPSA) is 40.5 Å². The van der Waals surface area contributed by atoms with Gasteiger partial charge in [-0.05, 0) is 32.2 Å². The summed E-state index contributed by atoms with van der Waals surface area (Å²) in [5.41, 5.74) is 0. The van der Waals surface area contributed by atoms with Crippen molar-refractivity contribution in [2.45, 2.75) is 83.7 Å². The van der Waals surface area contributed by atoms with Crippen molar-refractivity contribution in [2.75, 3.05) is 6.54 Å². The Morgan fingerprint density at radius 2 is 2.00 bits per heavy atom. The molecule has 1 N–H and O–H groups in total. The molecule has 0 amide bonds. The number of aliphatic carboxylic acids is 1. The largest absolute Gasteiger partial charge is 0.480 e. The highest BCUT2D eigenvalue weighted by Gasteiger charge is 2.34. The van der Waals surface area contributed by atoms with E-state index in [0.29, 0.717) is 6.04 Å². The predicted octanol–water partition coefficient (Wildman–Crippen LogP) is 3.67. The molecule has 0 aromatic heterocycles. The third-order valence-electron chi connectivity index (χ3n) is 4.06. The lowest BCUT2D eigenvalue weighted by Gasteiger charge is -2.31. The van der Waals surface area contributed by atoms with Gasteiger partial charge in [-0.15, -0.1) is 0 Å². The van der Waals surface area contributed by atoms with E-state index in [1.54, 1.807) is 0 Å². The van der Waals surface area contributed by atoms with Crippen LogP contribution < -0.4 is 0 Å². The molecular weight excluding hydrogens is 226 g/mol. The number of hydrogen-bond acceptors (Lipinski definition) is 2. The number of rotatable bonds is 9. The number of unbranched alkanes of at least 4 members (excludes halogenated alkanes) is 3. The Kier molecular flexibility index (Phi) is 7.33. The normalized spacial score (nSPS) is 22.2. The van der Waals surface area contributed by atoms with E-state index in [1.165, 1.54) is 32.1 Å². The van der Waals surface area contributed by atoms with Gasteiger partial charge in [0.05, 0.1) is 0 Å². The summed E-state index contributed by atoms with van der Waals surface area (Å²) in [6.07, 6.45) is 10.5. The summed E-state index contributed by atoms with van der Waals surface area (Å²) in [5, 5.41) is 9.27. The lowest BCUT2D eigenvalue weighted by atomic mass is 10.0. The molecule has 0 aliphatic carbocycles. The Morgan fingerprint density at radius 3 is 2.61 bits per heavy atom. The van der Waals surface area contributed by atoms with Crippen molar-refractivity contribution in [3.63, 3.8) is 0 Å². The molecule has 0 aromatic rings. The maximum atomic E-state index is 11.3. The number of hydrogen-bond donors (Lipinski definition) is 1. The summed E-state index contributed by atoms with van der Waals surface area (Å²) in [6, 6.07) is 0.281. The molecule has 0 aromatic carbocycles. The van der Waals surface area contributed by atoms with Crippen LogP contribution in [-0.4, -0.2) is 34.6 Å². The Balaban J connectivity index is 2.46. The van der Waals surface area contributed by atoms with E-state index in [0.717, 1.165) is 32.2 Å². The smallest absolute Gasteiger partial charge is 0.320 e. The monoisotopic (exact) mass is 255 g/mol. The van der Waals surface area contributed by atoms with Crippen molar-refractivity contribution in [3.8, 4) is 0 Å². The summed E-state index contributed by atoms with van der Waals surface area (Å²) >= 11 is 0. The molecule has 3 nitrogen and oxygen atoms in total. The van der Waals surface area contributed by atoms with Crippen molar-refractivity contribution in [2.24, 2.45) is 0 Å². The molecule has 2 unspecified atom stereocenters. The minimum absolute atomic E-state index is 0.215. The fraction of sp³-hybridized carbons (Fsp3) is 0.933. The number of nitrogens with zero attached hydrogens (tertiary/aromatic N) is 1. The van der Waals surface area contributed by atoms with Gasteiger partial charge in [0.1, 0.15) is 6.04 Å². The van der Waals surface area contributed by atoms with Crippen molar-refractivity contribution < 1.29 is 9.90 Å². The summed E-state index contributed by atoms with van der Waals surface area (Å²) in [7, 11) is 0. The zero-order valence-corrected chi connectivity index (χ0v) is 12.0. The molecule has 0 saturated carbocycles. The maximum absolute atomic E-state index is 11.3. The van der Waals surface area contributed by atoms with Crippen LogP contribution in [0.5, 0.6) is 0 Å². The minimum atomic E-state index is -0.623. The Hall–Kier alpha value is -0.570. The van der Waals surface area contributed by atoms with Gasteiger partial charge in [-0.1, -0.05) is 46.0 Å². The molecule has 3 heteroatoms. The predicted molar refractivity (Wildman–Crippen MR) is 74.8 cm³/mol. The van der Waals surface area contributed by atoms with Crippen LogP contribution in [0.25, 0.3) is 0 Å². The van der Waals surface area contributed by atoms with Gasteiger partial charge in [0.25, 0.3) is 0 Å². The molecule has 1 rings (SSSR count). The van der Waals surface area contributed by atoms with Gasteiger partial charge in [-0.3, -0.25) is 9.69 Å². The van der Waals surface area contributed by atoms with Crippen molar-refractivity contribution in [1.82, 2.24) is 4.90 Å². The lowest BCUT2D eigenvalue weighted by Crippen LogP contribution is -2.43. The maximum Gasteiger partial charge on any atom is 0.320 e. The fourth-order valence-corrected chi connectivity index (χ4v) is 3.11. The summed E-state index contributed by atoms with van der Waals surface area (Å²) in [6.45, 7) is 5.41. The van der Waals surface area contributed by atoms with E-state index >= 15 is 0 Å². The van der Waals surface area contributed by atoms with E-state index in [9.17, 15) is 9.90 Å². The van der Waals surface area contributed by atoms with Crippen LogP contribution in [0.15, 0.2) is 0 Å². The first-order valence-electron chi connectivity index (χ1n) is 7.69.